The topological polar surface area (TPSA) is 38.7 Å². The van der Waals surface area contributed by atoms with E-state index in [-0.39, 0.29) is 0 Å². The fourth-order valence-corrected chi connectivity index (χ4v) is 6.51. The Balaban J connectivity index is 1.22. The highest BCUT2D eigenvalue weighted by atomic mass is 14.8. The Morgan fingerprint density at radius 2 is 0.976 bits per heavy atom. The summed E-state index contributed by atoms with van der Waals surface area (Å²) in [5.41, 5.74) is 13.4. The van der Waals surface area contributed by atoms with E-state index in [9.17, 15) is 0 Å². The summed E-state index contributed by atoms with van der Waals surface area (Å²) in [5.74, 6) is 0. The SMILES string of the molecule is c1cc(-c2ccncc2)cc(-c2ccc3ccc4ccc(-c5ccc6c7c(cccc57)-c5ccccc5-6)nc4c3n2)c1. The predicted molar refractivity (Wildman–Crippen MR) is 173 cm³/mol. The number of pyridine rings is 3. The van der Waals surface area contributed by atoms with Crippen LogP contribution >= 0.6 is 0 Å². The highest BCUT2D eigenvalue weighted by Gasteiger charge is 2.22. The van der Waals surface area contributed by atoms with Crippen molar-refractivity contribution in [1.82, 2.24) is 15.0 Å². The summed E-state index contributed by atoms with van der Waals surface area (Å²) in [6.07, 6.45) is 3.65. The van der Waals surface area contributed by atoms with Crippen LogP contribution in [0, 0.1) is 0 Å². The molecule has 1 aliphatic rings. The first-order chi connectivity index (χ1) is 20.8. The number of aromatic nitrogens is 3. The standard InChI is InChI=1S/C39H23N3/c1-2-8-30-29(7-1)32-9-4-10-33-31(15-16-34(30)37(32)33)36-18-14-26-12-11-25-13-17-35(41-38(25)39(26)42-36)28-6-3-5-27(23-28)24-19-21-40-22-20-24/h1-23H. The second kappa shape index (κ2) is 8.92. The first-order valence-corrected chi connectivity index (χ1v) is 14.2. The van der Waals surface area contributed by atoms with E-state index in [4.69, 9.17) is 9.97 Å². The van der Waals surface area contributed by atoms with Crippen LogP contribution in [-0.4, -0.2) is 15.0 Å². The van der Waals surface area contributed by atoms with Gasteiger partial charge in [-0.05, 0) is 74.5 Å². The molecule has 0 aliphatic heterocycles. The number of nitrogens with zero attached hydrogens (tertiary/aromatic N) is 3. The molecule has 194 valence electrons. The summed E-state index contributed by atoms with van der Waals surface area (Å²) < 4.78 is 0. The molecule has 0 saturated heterocycles. The van der Waals surface area contributed by atoms with Crippen molar-refractivity contribution in [2.24, 2.45) is 0 Å². The summed E-state index contributed by atoms with van der Waals surface area (Å²) >= 11 is 0. The molecule has 9 rings (SSSR count). The average Bonchev–Trinajstić information content (AvgIpc) is 3.40. The Bertz CT molecular complexity index is 2330. The van der Waals surface area contributed by atoms with E-state index in [1.54, 1.807) is 0 Å². The van der Waals surface area contributed by atoms with Crippen LogP contribution in [0.1, 0.15) is 0 Å². The molecule has 0 fully saturated rings. The maximum Gasteiger partial charge on any atom is 0.0972 e. The first-order valence-electron chi connectivity index (χ1n) is 14.2. The molecule has 3 aromatic heterocycles. The number of rotatable bonds is 3. The molecule has 8 aromatic rings. The normalized spacial score (nSPS) is 11.8. The Morgan fingerprint density at radius 3 is 1.76 bits per heavy atom. The van der Waals surface area contributed by atoms with Gasteiger partial charge in [0.15, 0.2) is 0 Å². The van der Waals surface area contributed by atoms with Crippen molar-refractivity contribution in [3.8, 4) is 55.9 Å². The third-order valence-corrected chi connectivity index (χ3v) is 8.52. The molecule has 42 heavy (non-hydrogen) atoms. The van der Waals surface area contributed by atoms with E-state index < -0.39 is 0 Å². The quantitative estimate of drug-likeness (QED) is 0.212. The fourth-order valence-electron chi connectivity index (χ4n) is 6.51. The Labute approximate surface area is 242 Å². The van der Waals surface area contributed by atoms with E-state index in [1.807, 2.05) is 24.5 Å². The minimum Gasteiger partial charge on any atom is -0.265 e. The number of fused-ring (bicyclic) bond motifs is 6. The van der Waals surface area contributed by atoms with Crippen LogP contribution in [0.15, 0.2) is 140 Å². The molecular weight excluding hydrogens is 510 g/mol. The van der Waals surface area contributed by atoms with Gasteiger partial charge in [-0.3, -0.25) is 4.98 Å². The Hall–Kier alpha value is -5.67. The number of benzene rings is 5. The minimum absolute atomic E-state index is 0.916. The van der Waals surface area contributed by atoms with Crippen molar-refractivity contribution < 1.29 is 0 Å². The lowest BCUT2D eigenvalue weighted by Crippen LogP contribution is -1.92. The van der Waals surface area contributed by atoms with E-state index in [2.05, 4.69) is 120 Å². The molecule has 5 aromatic carbocycles. The van der Waals surface area contributed by atoms with Gasteiger partial charge in [0.25, 0.3) is 0 Å². The lowest BCUT2D eigenvalue weighted by Gasteiger charge is -2.11. The van der Waals surface area contributed by atoms with Crippen LogP contribution in [0.3, 0.4) is 0 Å². The molecule has 3 nitrogen and oxygen atoms in total. The van der Waals surface area contributed by atoms with Crippen molar-refractivity contribution in [2.45, 2.75) is 0 Å². The zero-order chi connectivity index (χ0) is 27.6. The van der Waals surface area contributed by atoms with Crippen LogP contribution in [0.5, 0.6) is 0 Å². The molecule has 3 heterocycles. The Morgan fingerprint density at radius 1 is 0.381 bits per heavy atom. The fraction of sp³-hybridized carbons (Fsp3) is 0. The smallest absolute Gasteiger partial charge is 0.0972 e. The van der Waals surface area contributed by atoms with Gasteiger partial charge >= 0.3 is 0 Å². The van der Waals surface area contributed by atoms with Gasteiger partial charge in [0.1, 0.15) is 0 Å². The molecule has 0 amide bonds. The Kier molecular flexibility index (Phi) is 4.90. The lowest BCUT2D eigenvalue weighted by molar-refractivity contribution is 1.33. The second-order valence-corrected chi connectivity index (χ2v) is 10.9. The van der Waals surface area contributed by atoms with Crippen molar-refractivity contribution >= 4 is 32.6 Å². The zero-order valence-electron chi connectivity index (χ0n) is 22.6. The third kappa shape index (κ3) is 3.44. The van der Waals surface area contributed by atoms with Crippen LogP contribution in [0.25, 0.3) is 88.5 Å². The van der Waals surface area contributed by atoms with Crippen LogP contribution < -0.4 is 0 Å². The van der Waals surface area contributed by atoms with Gasteiger partial charge in [-0.2, -0.15) is 0 Å². The van der Waals surface area contributed by atoms with E-state index in [0.717, 1.165) is 55.4 Å². The summed E-state index contributed by atoms with van der Waals surface area (Å²) in [7, 11) is 0. The molecule has 0 spiro atoms. The molecule has 0 bridgehead atoms. The molecule has 1 aliphatic carbocycles. The average molecular weight is 534 g/mol. The summed E-state index contributed by atoms with van der Waals surface area (Å²) in [4.78, 5) is 14.6. The zero-order valence-corrected chi connectivity index (χ0v) is 22.6. The highest BCUT2D eigenvalue weighted by molar-refractivity contribution is 6.18. The molecule has 0 unspecified atom stereocenters. The maximum absolute atomic E-state index is 5.28. The van der Waals surface area contributed by atoms with Gasteiger partial charge in [0, 0.05) is 34.3 Å². The molecular formula is C39H23N3. The van der Waals surface area contributed by atoms with Crippen LogP contribution in [0.2, 0.25) is 0 Å². The summed E-state index contributed by atoms with van der Waals surface area (Å²) in [6.45, 7) is 0. The maximum atomic E-state index is 5.28. The van der Waals surface area contributed by atoms with Crippen molar-refractivity contribution in [1.29, 1.82) is 0 Å². The predicted octanol–water partition coefficient (Wildman–Crippen LogP) is 9.98. The lowest BCUT2D eigenvalue weighted by atomic mass is 9.96. The summed E-state index contributed by atoms with van der Waals surface area (Å²) in [6, 6.07) is 45.2. The second-order valence-electron chi connectivity index (χ2n) is 10.9. The van der Waals surface area contributed by atoms with Gasteiger partial charge in [-0.15, -0.1) is 0 Å². The van der Waals surface area contributed by atoms with E-state index in [0.29, 0.717) is 0 Å². The van der Waals surface area contributed by atoms with Gasteiger partial charge in [-0.25, -0.2) is 9.97 Å². The van der Waals surface area contributed by atoms with Gasteiger partial charge < -0.3 is 0 Å². The van der Waals surface area contributed by atoms with Crippen molar-refractivity contribution in [3.63, 3.8) is 0 Å². The van der Waals surface area contributed by atoms with Gasteiger partial charge in [0.2, 0.25) is 0 Å². The first kappa shape index (κ1) is 23.1. The van der Waals surface area contributed by atoms with Gasteiger partial charge in [0.05, 0.1) is 22.4 Å². The monoisotopic (exact) mass is 533 g/mol. The molecule has 0 atom stereocenters. The molecule has 0 radical (unpaired) electrons. The molecule has 0 N–H and O–H groups in total. The minimum atomic E-state index is 0.916. The largest absolute Gasteiger partial charge is 0.265 e. The number of hydrogen-bond acceptors (Lipinski definition) is 3. The third-order valence-electron chi connectivity index (χ3n) is 8.52. The number of hydrogen-bond donors (Lipinski definition) is 0. The molecule has 0 saturated carbocycles. The van der Waals surface area contributed by atoms with Crippen molar-refractivity contribution in [3.05, 3.63) is 140 Å². The van der Waals surface area contributed by atoms with Crippen LogP contribution in [0.4, 0.5) is 0 Å². The van der Waals surface area contributed by atoms with Crippen molar-refractivity contribution in [2.75, 3.05) is 0 Å². The molecule has 3 heteroatoms. The highest BCUT2D eigenvalue weighted by Crippen LogP contribution is 2.49. The van der Waals surface area contributed by atoms with Gasteiger partial charge in [-0.1, -0.05) is 97.1 Å². The van der Waals surface area contributed by atoms with E-state index in [1.165, 1.54) is 33.0 Å². The van der Waals surface area contributed by atoms with Crippen LogP contribution in [-0.2, 0) is 0 Å². The van der Waals surface area contributed by atoms with E-state index >= 15 is 0 Å². The summed E-state index contributed by atoms with van der Waals surface area (Å²) in [5, 5.41) is 4.71.